The van der Waals surface area contributed by atoms with Crippen LogP contribution in [0.2, 0.25) is 0 Å². The quantitative estimate of drug-likeness (QED) is 0.866. The van der Waals surface area contributed by atoms with Gasteiger partial charge < -0.3 is 10.6 Å². The molecule has 0 saturated heterocycles. The number of nitrogens with two attached hydrogens (primary N) is 1. The highest BCUT2D eigenvalue weighted by molar-refractivity contribution is 5.60. The van der Waals surface area contributed by atoms with Crippen molar-refractivity contribution in [2.75, 3.05) is 24.2 Å². The highest BCUT2D eigenvalue weighted by atomic mass is 15.2. The van der Waals surface area contributed by atoms with Crippen LogP contribution in [0.4, 0.5) is 11.5 Å². The van der Waals surface area contributed by atoms with Crippen molar-refractivity contribution in [1.82, 2.24) is 9.97 Å². The van der Waals surface area contributed by atoms with Gasteiger partial charge in [0.25, 0.3) is 0 Å². The highest BCUT2D eigenvalue weighted by Gasteiger charge is 2.06. The van der Waals surface area contributed by atoms with Gasteiger partial charge in [-0.25, -0.2) is 9.97 Å². The zero-order valence-electron chi connectivity index (χ0n) is 9.87. The molecule has 0 fully saturated rings. The van der Waals surface area contributed by atoms with Crippen molar-refractivity contribution in [2.24, 2.45) is 0 Å². The van der Waals surface area contributed by atoms with Crippen LogP contribution in [-0.4, -0.2) is 23.6 Å². The van der Waals surface area contributed by atoms with E-state index in [4.69, 9.17) is 5.73 Å². The van der Waals surface area contributed by atoms with Gasteiger partial charge in [-0.05, 0) is 12.0 Å². The highest BCUT2D eigenvalue weighted by Crippen LogP contribution is 2.16. The summed E-state index contributed by atoms with van der Waals surface area (Å²) in [5.41, 5.74) is 7.75. The minimum absolute atomic E-state index is 0.614. The molecule has 2 rings (SSSR count). The number of likely N-dealkylation sites (N-methyl/N-ethyl adjacent to an activating group) is 1. The number of anilines is 2. The lowest BCUT2D eigenvalue weighted by molar-refractivity contribution is 0.857. The van der Waals surface area contributed by atoms with Crippen molar-refractivity contribution >= 4 is 11.5 Å². The van der Waals surface area contributed by atoms with Crippen molar-refractivity contribution in [3.05, 3.63) is 48.4 Å². The number of rotatable bonds is 4. The molecule has 0 spiro atoms. The smallest absolute Gasteiger partial charge is 0.154 e. The van der Waals surface area contributed by atoms with Crippen molar-refractivity contribution < 1.29 is 0 Å². The van der Waals surface area contributed by atoms with E-state index < -0.39 is 0 Å². The predicted octanol–water partition coefficient (Wildman–Crippen LogP) is 1.74. The maximum atomic E-state index is 5.82. The fourth-order valence-electron chi connectivity index (χ4n) is 1.70. The molecule has 4 nitrogen and oxygen atoms in total. The lowest BCUT2D eigenvalue weighted by atomic mass is 10.1. The number of benzene rings is 1. The summed E-state index contributed by atoms with van der Waals surface area (Å²) in [6.45, 7) is 0.880. The Labute approximate surface area is 101 Å². The topological polar surface area (TPSA) is 55.0 Å². The Balaban J connectivity index is 1.99. The van der Waals surface area contributed by atoms with Gasteiger partial charge in [-0.15, -0.1) is 0 Å². The predicted molar refractivity (Wildman–Crippen MR) is 69.9 cm³/mol. The van der Waals surface area contributed by atoms with Crippen LogP contribution < -0.4 is 10.6 Å². The second-order valence-electron chi connectivity index (χ2n) is 3.96. The van der Waals surface area contributed by atoms with E-state index in [2.05, 4.69) is 22.1 Å². The summed E-state index contributed by atoms with van der Waals surface area (Å²) in [5, 5.41) is 0. The number of hydrogen-bond donors (Lipinski definition) is 1. The summed E-state index contributed by atoms with van der Waals surface area (Å²) >= 11 is 0. The first kappa shape index (κ1) is 11.4. The first-order valence-electron chi connectivity index (χ1n) is 5.58. The maximum Gasteiger partial charge on any atom is 0.154 e. The Kier molecular flexibility index (Phi) is 3.55. The van der Waals surface area contributed by atoms with Gasteiger partial charge in [0.1, 0.15) is 6.33 Å². The molecule has 88 valence electrons. The SMILES string of the molecule is CN(CCc1ccccc1)c1ncncc1N. The average molecular weight is 228 g/mol. The lowest BCUT2D eigenvalue weighted by Crippen LogP contribution is -2.22. The van der Waals surface area contributed by atoms with E-state index in [0.717, 1.165) is 18.8 Å². The Hall–Kier alpha value is -2.10. The second kappa shape index (κ2) is 5.30. The van der Waals surface area contributed by atoms with Crippen molar-refractivity contribution in [2.45, 2.75) is 6.42 Å². The third-order valence-corrected chi connectivity index (χ3v) is 2.66. The Bertz CT molecular complexity index is 470. The normalized spacial score (nSPS) is 10.2. The molecule has 4 heteroatoms. The Morgan fingerprint density at radius 1 is 1.24 bits per heavy atom. The first-order chi connectivity index (χ1) is 8.27. The van der Waals surface area contributed by atoms with Gasteiger partial charge in [-0.3, -0.25) is 0 Å². The summed E-state index contributed by atoms with van der Waals surface area (Å²) < 4.78 is 0. The second-order valence-corrected chi connectivity index (χ2v) is 3.96. The molecular weight excluding hydrogens is 212 g/mol. The molecule has 2 N–H and O–H groups in total. The molecule has 0 aliphatic carbocycles. The third-order valence-electron chi connectivity index (χ3n) is 2.66. The van der Waals surface area contributed by atoms with Gasteiger partial charge in [0.15, 0.2) is 5.82 Å². The molecule has 0 unspecified atom stereocenters. The van der Waals surface area contributed by atoms with Gasteiger partial charge in [0, 0.05) is 13.6 Å². The average Bonchev–Trinajstić information content (AvgIpc) is 2.38. The zero-order chi connectivity index (χ0) is 12.1. The molecule has 1 aromatic heterocycles. The van der Waals surface area contributed by atoms with Crippen LogP contribution >= 0.6 is 0 Å². The largest absolute Gasteiger partial charge is 0.394 e. The maximum absolute atomic E-state index is 5.82. The molecule has 1 heterocycles. The molecule has 0 radical (unpaired) electrons. The standard InChI is InChI=1S/C13H16N4/c1-17(13-12(14)9-15-10-16-13)8-7-11-5-3-2-4-6-11/h2-6,9-10H,7-8,14H2,1H3. The summed E-state index contributed by atoms with van der Waals surface area (Å²) in [6.07, 6.45) is 4.12. The number of nitrogens with zero attached hydrogens (tertiary/aromatic N) is 3. The molecule has 0 amide bonds. The van der Waals surface area contributed by atoms with Gasteiger partial charge >= 0.3 is 0 Å². The summed E-state index contributed by atoms with van der Waals surface area (Å²) in [6, 6.07) is 10.4. The molecule has 0 atom stereocenters. The number of nitrogen functional groups attached to an aromatic ring is 1. The Morgan fingerprint density at radius 3 is 2.71 bits per heavy atom. The van der Waals surface area contributed by atoms with E-state index in [-0.39, 0.29) is 0 Å². The zero-order valence-corrected chi connectivity index (χ0v) is 9.87. The Morgan fingerprint density at radius 2 is 2.00 bits per heavy atom. The van der Waals surface area contributed by atoms with Crippen LogP contribution in [0.3, 0.4) is 0 Å². The lowest BCUT2D eigenvalue weighted by Gasteiger charge is -2.19. The van der Waals surface area contributed by atoms with Gasteiger partial charge in [0.05, 0.1) is 11.9 Å². The van der Waals surface area contributed by atoms with Crippen molar-refractivity contribution in [1.29, 1.82) is 0 Å². The first-order valence-corrected chi connectivity index (χ1v) is 5.58. The summed E-state index contributed by atoms with van der Waals surface area (Å²) in [5.74, 6) is 0.788. The summed E-state index contributed by atoms with van der Waals surface area (Å²) in [7, 11) is 1.99. The van der Waals surface area contributed by atoms with Crippen LogP contribution in [0.1, 0.15) is 5.56 Å². The molecule has 0 aliphatic rings. The fraction of sp³-hybridized carbons (Fsp3) is 0.231. The van der Waals surface area contributed by atoms with E-state index in [9.17, 15) is 0 Å². The molecule has 0 bridgehead atoms. The number of aromatic nitrogens is 2. The minimum atomic E-state index is 0.614. The van der Waals surface area contributed by atoms with Crippen LogP contribution in [0.25, 0.3) is 0 Å². The van der Waals surface area contributed by atoms with E-state index in [0.29, 0.717) is 5.69 Å². The fourth-order valence-corrected chi connectivity index (χ4v) is 1.70. The van der Waals surface area contributed by atoms with Crippen molar-refractivity contribution in [3.63, 3.8) is 0 Å². The third kappa shape index (κ3) is 2.93. The van der Waals surface area contributed by atoms with E-state index in [1.54, 1.807) is 6.20 Å². The monoisotopic (exact) mass is 228 g/mol. The molecule has 0 saturated carbocycles. The molecule has 1 aromatic carbocycles. The molecular formula is C13H16N4. The van der Waals surface area contributed by atoms with Gasteiger partial charge in [-0.2, -0.15) is 0 Å². The van der Waals surface area contributed by atoms with Gasteiger partial charge in [0.2, 0.25) is 0 Å². The van der Waals surface area contributed by atoms with Crippen LogP contribution in [0.15, 0.2) is 42.9 Å². The van der Waals surface area contributed by atoms with Crippen LogP contribution in [0, 0.1) is 0 Å². The summed E-state index contributed by atoms with van der Waals surface area (Å²) in [4.78, 5) is 10.1. The molecule has 17 heavy (non-hydrogen) atoms. The molecule has 2 aromatic rings. The van der Waals surface area contributed by atoms with Gasteiger partial charge in [-0.1, -0.05) is 30.3 Å². The number of hydrogen-bond acceptors (Lipinski definition) is 4. The van der Waals surface area contributed by atoms with E-state index in [1.807, 2.05) is 30.1 Å². The van der Waals surface area contributed by atoms with Crippen LogP contribution in [-0.2, 0) is 6.42 Å². The van der Waals surface area contributed by atoms with Crippen molar-refractivity contribution in [3.8, 4) is 0 Å². The minimum Gasteiger partial charge on any atom is -0.394 e. The molecule has 0 aliphatic heterocycles. The van der Waals surface area contributed by atoms with Crippen LogP contribution in [0.5, 0.6) is 0 Å². The van der Waals surface area contributed by atoms with E-state index >= 15 is 0 Å². The van der Waals surface area contributed by atoms with E-state index in [1.165, 1.54) is 11.9 Å².